The van der Waals surface area contributed by atoms with E-state index >= 15 is 0 Å². The molecule has 0 spiro atoms. The second kappa shape index (κ2) is 7.42. The Kier molecular flexibility index (Phi) is 5.81. The molecule has 1 aromatic heterocycles. The molecule has 1 saturated carbocycles. The third-order valence-corrected chi connectivity index (χ3v) is 4.23. The zero-order valence-electron chi connectivity index (χ0n) is 13.2. The molecule has 1 aliphatic heterocycles. The van der Waals surface area contributed by atoms with Gasteiger partial charge >= 0.3 is 18.9 Å². The molecule has 1 unspecified atom stereocenters. The molecule has 2 aliphatic rings. The van der Waals surface area contributed by atoms with Crippen molar-refractivity contribution in [2.75, 3.05) is 31.6 Å². The maximum Gasteiger partial charge on any atom is 1.00 e. The minimum atomic E-state index is -1.27. The average molecular weight is 297 g/mol. The Morgan fingerprint density at radius 1 is 1.41 bits per heavy atom. The molecule has 114 valence electrons. The van der Waals surface area contributed by atoms with Crippen LogP contribution in [-0.4, -0.2) is 59.7 Å². The molecule has 1 N–H and O–H groups in total. The van der Waals surface area contributed by atoms with Crippen LogP contribution in [0, 0.1) is 0 Å². The number of anilines is 1. The van der Waals surface area contributed by atoms with Crippen molar-refractivity contribution in [1.82, 2.24) is 20.2 Å². The summed E-state index contributed by atoms with van der Waals surface area (Å²) >= 11 is 0. The Balaban J connectivity index is 0.00000176. The Hall–Kier alpha value is -1.13. The number of hydrogen-bond acceptors (Lipinski definition) is 7. The molecule has 2 heterocycles. The first-order chi connectivity index (χ1) is 10.1. The number of aromatic nitrogens is 2. The summed E-state index contributed by atoms with van der Waals surface area (Å²) in [6.45, 7) is 2.55. The summed E-state index contributed by atoms with van der Waals surface area (Å²) in [6.07, 6.45) is 5.27. The first-order valence-electron chi connectivity index (χ1n) is 7.39. The molecule has 7 nitrogen and oxygen atoms in total. The van der Waals surface area contributed by atoms with E-state index in [0.717, 1.165) is 19.6 Å². The van der Waals surface area contributed by atoms with E-state index in [9.17, 15) is 9.90 Å². The summed E-state index contributed by atoms with van der Waals surface area (Å²) in [6, 6.07) is 1.91. The molecular weight excluding hydrogens is 277 g/mol. The van der Waals surface area contributed by atoms with Crippen molar-refractivity contribution in [2.24, 2.45) is 0 Å². The number of rotatable bonds is 4. The predicted molar refractivity (Wildman–Crippen MR) is 75.8 cm³/mol. The van der Waals surface area contributed by atoms with Crippen LogP contribution in [0.25, 0.3) is 0 Å². The van der Waals surface area contributed by atoms with E-state index in [4.69, 9.17) is 0 Å². The van der Waals surface area contributed by atoms with E-state index in [1.165, 1.54) is 31.5 Å². The van der Waals surface area contributed by atoms with Crippen molar-refractivity contribution in [3.63, 3.8) is 0 Å². The molecule has 0 aromatic carbocycles. The number of piperazine rings is 1. The van der Waals surface area contributed by atoms with E-state index in [0.29, 0.717) is 12.0 Å². The SMILES string of the molecule is CN1CCN(c2nccc(C(=O)[O-])n2)C(NC2CCC2)C1.[Li+]. The second-order valence-corrected chi connectivity index (χ2v) is 5.80. The van der Waals surface area contributed by atoms with Gasteiger partial charge in [-0.15, -0.1) is 0 Å². The monoisotopic (exact) mass is 297 g/mol. The molecule has 0 amide bonds. The number of carboxylic acids is 1. The number of likely N-dealkylation sites (N-methyl/N-ethyl adjacent to an activating group) is 1. The number of carbonyl (C=O) groups is 1. The largest absolute Gasteiger partial charge is 1.00 e. The third kappa shape index (κ3) is 3.79. The van der Waals surface area contributed by atoms with Gasteiger partial charge in [0.15, 0.2) is 0 Å². The van der Waals surface area contributed by atoms with Gasteiger partial charge in [0.1, 0.15) is 0 Å². The van der Waals surface area contributed by atoms with Crippen molar-refractivity contribution in [3.05, 3.63) is 18.0 Å². The molecule has 0 radical (unpaired) electrons. The van der Waals surface area contributed by atoms with Crippen LogP contribution in [0.2, 0.25) is 0 Å². The molecular formula is C14H20LiN5O2. The normalized spacial score (nSPS) is 22.8. The van der Waals surface area contributed by atoms with Crippen LogP contribution in [0.3, 0.4) is 0 Å². The number of hydrogen-bond donors (Lipinski definition) is 1. The van der Waals surface area contributed by atoms with Gasteiger partial charge in [-0.3, -0.25) is 5.32 Å². The molecule has 22 heavy (non-hydrogen) atoms. The van der Waals surface area contributed by atoms with Crippen LogP contribution in [0.4, 0.5) is 5.95 Å². The van der Waals surface area contributed by atoms with Crippen LogP contribution in [0.1, 0.15) is 29.8 Å². The van der Waals surface area contributed by atoms with Crippen molar-refractivity contribution < 1.29 is 28.8 Å². The molecule has 1 aliphatic carbocycles. The Bertz CT molecular complexity index is 526. The van der Waals surface area contributed by atoms with Gasteiger partial charge in [0.2, 0.25) is 5.95 Å². The Labute approximate surface area is 142 Å². The summed E-state index contributed by atoms with van der Waals surface area (Å²) < 4.78 is 0. The Morgan fingerprint density at radius 2 is 2.18 bits per heavy atom. The fourth-order valence-electron chi connectivity index (χ4n) is 2.75. The van der Waals surface area contributed by atoms with Gasteiger partial charge in [-0.2, -0.15) is 0 Å². The average Bonchev–Trinajstić information content (AvgIpc) is 2.43. The van der Waals surface area contributed by atoms with E-state index in [1.54, 1.807) is 0 Å². The molecule has 3 rings (SSSR count). The van der Waals surface area contributed by atoms with Crippen molar-refractivity contribution >= 4 is 11.9 Å². The predicted octanol–water partition coefficient (Wildman–Crippen LogP) is -3.94. The Morgan fingerprint density at radius 3 is 2.82 bits per heavy atom. The standard InChI is InChI=1S/C14H21N5O2.Li/c1-18-7-8-19(12(9-18)16-10-3-2-4-10)14-15-6-5-11(17-14)13(20)21;/h5-6,10,12,16H,2-4,7-9H2,1H3,(H,20,21);/q;+1/p-1. The second-order valence-electron chi connectivity index (χ2n) is 5.80. The van der Waals surface area contributed by atoms with E-state index in [2.05, 4.69) is 32.1 Å². The minimum absolute atomic E-state index is 0. The summed E-state index contributed by atoms with van der Waals surface area (Å²) in [7, 11) is 2.09. The maximum absolute atomic E-state index is 11.0. The van der Waals surface area contributed by atoms with Gasteiger partial charge in [-0.1, -0.05) is 6.42 Å². The summed E-state index contributed by atoms with van der Waals surface area (Å²) in [5.74, 6) is -0.807. The van der Waals surface area contributed by atoms with Crippen LogP contribution >= 0.6 is 0 Å². The van der Waals surface area contributed by atoms with E-state index in [1.807, 2.05) is 0 Å². The number of aromatic carboxylic acids is 1. The van der Waals surface area contributed by atoms with Crippen molar-refractivity contribution in [2.45, 2.75) is 31.5 Å². The third-order valence-electron chi connectivity index (χ3n) is 4.23. The first-order valence-corrected chi connectivity index (χ1v) is 7.39. The zero-order valence-corrected chi connectivity index (χ0v) is 13.2. The quantitative estimate of drug-likeness (QED) is 0.568. The summed E-state index contributed by atoms with van der Waals surface area (Å²) in [5, 5.41) is 14.6. The maximum atomic E-state index is 11.0. The fourth-order valence-corrected chi connectivity index (χ4v) is 2.75. The number of nitrogens with zero attached hydrogens (tertiary/aromatic N) is 4. The first kappa shape index (κ1) is 17.2. The molecule has 1 saturated heterocycles. The topological polar surface area (TPSA) is 84.4 Å². The summed E-state index contributed by atoms with van der Waals surface area (Å²) in [5.41, 5.74) is -0.0682. The van der Waals surface area contributed by atoms with Gasteiger partial charge < -0.3 is 19.7 Å². The molecule has 1 aromatic rings. The van der Waals surface area contributed by atoms with Gasteiger partial charge in [0, 0.05) is 31.9 Å². The molecule has 2 fully saturated rings. The van der Waals surface area contributed by atoms with Gasteiger partial charge in [-0.25, -0.2) is 9.97 Å². The van der Waals surface area contributed by atoms with Crippen LogP contribution < -0.4 is 34.2 Å². The minimum Gasteiger partial charge on any atom is -0.543 e. The van der Waals surface area contributed by atoms with E-state index < -0.39 is 5.97 Å². The number of carbonyl (C=O) groups excluding carboxylic acids is 1. The number of carboxylic acid groups (broad SMARTS) is 1. The van der Waals surface area contributed by atoms with Gasteiger partial charge in [0.25, 0.3) is 0 Å². The van der Waals surface area contributed by atoms with E-state index in [-0.39, 0.29) is 30.7 Å². The molecule has 0 bridgehead atoms. The molecule has 8 heteroatoms. The van der Waals surface area contributed by atoms with Crippen LogP contribution in [0.5, 0.6) is 0 Å². The fraction of sp³-hybridized carbons (Fsp3) is 0.643. The van der Waals surface area contributed by atoms with Crippen molar-refractivity contribution in [3.8, 4) is 0 Å². The smallest absolute Gasteiger partial charge is 0.543 e. The zero-order chi connectivity index (χ0) is 14.8. The summed E-state index contributed by atoms with van der Waals surface area (Å²) in [4.78, 5) is 23.6. The van der Waals surface area contributed by atoms with Gasteiger partial charge in [0.05, 0.1) is 17.8 Å². The van der Waals surface area contributed by atoms with Crippen molar-refractivity contribution in [1.29, 1.82) is 0 Å². The van der Waals surface area contributed by atoms with Crippen LogP contribution in [-0.2, 0) is 0 Å². The molecule has 1 atom stereocenters. The number of nitrogens with one attached hydrogen (secondary N) is 1. The van der Waals surface area contributed by atoms with Crippen LogP contribution in [0.15, 0.2) is 12.3 Å². The van der Waals surface area contributed by atoms with Gasteiger partial charge in [-0.05, 0) is 26.0 Å².